The summed E-state index contributed by atoms with van der Waals surface area (Å²) in [6.45, 7) is -0.0847. The second-order valence-electron chi connectivity index (χ2n) is 10.1. The number of alkyl halides is 3. The zero-order valence-electron chi connectivity index (χ0n) is 22.1. The van der Waals surface area contributed by atoms with Crippen LogP contribution in [0, 0.1) is 0 Å². The van der Waals surface area contributed by atoms with Crippen LogP contribution < -0.4 is 10.6 Å². The Morgan fingerprint density at radius 2 is 1.86 bits per heavy atom. The zero-order valence-corrected chi connectivity index (χ0v) is 22.9. The number of rotatable bonds is 6. The fraction of sp³-hybridized carbons (Fsp3) is 0.346. The van der Waals surface area contributed by atoms with E-state index in [1.54, 1.807) is 0 Å². The summed E-state index contributed by atoms with van der Waals surface area (Å²) < 4.78 is 80.6. The van der Waals surface area contributed by atoms with Crippen LogP contribution >= 0.6 is 0 Å². The van der Waals surface area contributed by atoms with Crippen molar-refractivity contribution in [3.63, 3.8) is 0 Å². The number of carbonyl (C=O) groups excluding carboxylic acids is 1. The molecule has 1 fully saturated rings. The molecule has 13 nitrogen and oxygen atoms in total. The monoisotopic (exact) mass is 620 g/mol. The van der Waals surface area contributed by atoms with Crippen molar-refractivity contribution in [2.24, 2.45) is 5.73 Å². The molecule has 4 aromatic rings. The van der Waals surface area contributed by atoms with Crippen LogP contribution in [0.25, 0.3) is 22.8 Å². The minimum absolute atomic E-state index is 0.0159. The minimum Gasteiger partial charge on any atom is -0.417 e. The number of carbonyl (C=O) groups is 1. The van der Waals surface area contributed by atoms with E-state index in [2.05, 4.69) is 24.9 Å². The summed E-state index contributed by atoms with van der Waals surface area (Å²) in [6, 6.07) is 8.79. The van der Waals surface area contributed by atoms with Crippen molar-refractivity contribution >= 4 is 21.4 Å². The fourth-order valence-corrected chi connectivity index (χ4v) is 6.54. The zero-order chi connectivity index (χ0) is 30.6. The molecule has 2 atom stereocenters. The van der Waals surface area contributed by atoms with Gasteiger partial charge in [-0.05, 0) is 36.6 Å². The normalized spacial score (nSPS) is 22.0. The molecule has 0 radical (unpaired) electrons. The molecule has 2 aromatic heterocycles. The number of aromatic nitrogens is 4. The van der Waals surface area contributed by atoms with Gasteiger partial charge in [0.1, 0.15) is 0 Å². The first-order valence-electron chi connectivity index (χ1n) is 12.9. The average Bonchev–Trinajstić information content (AvgIpc) is 3.75. The van der Waals surface area contributed by atoms with E-state index in [4.69, 9.17) is 14.9 Å². The van der Waals surface area contributed by atoms with Crippen molar-refractivity contribution in [1.29, 1.82) is 0 Å². The summed E-state index contributed by atoms with van der Waals surface area (Å²) in [7, 11) is -3.98. The molecular formula is C26H23F3N6O7S. The lowest BCUT2D eigenvalue weighted by Gasteiger charge is -2.24. The van der Waals surface area contributed by atoms with E-state index >= 15 is 0 Å². The molecule has 2 aromatic carbocycles. The van der Waals surface area contributed by atoms with Crippen molar-refractivity contribution in [3.05, 3.63) is 59.8 Å². The summed E-state index contributed by atoms with van der Waals surface area (Å²) in [5, 5.41) is 21.4. The molecule has 226 valence electrons. The van der Waals surface area contributed by atoms with Crippen molar-refractivity contribution < 1.29 is 45.2 Å². The van der Waals surface area contributed by atoms with Crippen molar-refractivity contribution in [2.75, 3.05) is 23.9 Å². The number of fused-ring (bicyclic) bond motifs is 1. The Kier molecular flexibility index (Phi) is 7.07. The first kappa shape index (κ1) is 28.9. The maximum atomic E-state index is 13.4. The molecule has 4 heterocycles. The predicted molar refractivity (Wildman–Crippen MR) is 140 cm³/mol. The molecule has 0 bridgehead atoms. The van der Waals surface area contributed by atoms with E-state index in [9.17, 15) is 31.5 Å². The van der Waals surface area contributed by atoms with Gasteiger partial charge in [0.15, 0.2) is 15.4 Å². The van der Waals surface area contributed by atoms with E-state index in [0.29, 0.717) is 30.6 Å². The van der Waals surface area contributed by atoms with Crippen LogP contribution in [0.5, 0.6) is 0 Å². The Hall–Kier alpha value is -4.19. The summed E-state index contributed by atoms with van der Waals surface area (Å²) in [6.07, 6.45) is -3.63. The highest BCUT2D eigenvalue weighted by Gasteiger charge is 2.42. The van der Waals surface area contributed by atoms with Gasteiger partial charge in [-0.1, -0.05) is 29.4 Å². The molecule has 6 rings (SSSR count). The molecule has 43 heavy (non-hydrogen) atoms. The van der Waals surface area contributed by atoms with E-state index in [1.165, 1.54) is 47.4 Å². The Balaban J connectivity index is 1.34. The number of anilines is 1. The lowest BCUT2D eigenvalue weighted by atomic mass is 10.0. The van der Waals surface area contributed by atoms with E-state index in [1.807, 2.05) is 0 Å². The number of aliphatic hydroxyl groups excluding tert-OH is 1. The molecule has 1 unspecified atom stereocenters. The van der Waals surface area contributed by atoms with Gasteiger partial charge in [0.25, 0.3) is 5.89 Å². The maximum absolute atomic E-state index is 13.4. The summed E-state index contributed by atoms with van der Waals surface area (Å²) in [4.78, 5) is 17.8. The third-order valence-corrected chi connectivity index (χ3v) is 9.02. The second-order valence-corrected chi connectivity index (χ2v) is 12.1. The Morgan fingerprint density at radius 1 is 1.12 bits per heavy atom. The molecule has 0 saturated carbocycles. The highest BCUT2D eigenvalue weighted by molar-refractivity contribution is 7.91. The van der Waals surface area contributed by atoms with Crippen LogP contribution in [0.4, 0.5) is 18.9 Å². The quantitative estimate of drug-likeness (QED) is 0.321. The summed E-state index contributed by atoms with van der Waals surface area (Å²) >= 11 is 0. The summed E-state index contributed by atoms with van der Waals surface area (Å²) in [5.74, 6) is -2.96. The lowest BCUT2D eigenvalue weighted by Crippen LogP contribution is -2.45. The number of benzene rings is 2. The largest absolute Gasteiger partial charge is 0.471 e. The number of nitrogens with zero attached hydrogens (tertiary/aromatic N) is 5. The van der Waals surface area contributed by atoms with Gasteiger partial charge in [0.2, 0.25) is 17.6 Å². The third kappa shape index (κ3) is 5.28. The molecule has 1 amide bonds. The third-order valence-electron chi connectivity index (χ3n) is 7.21. The van der Waals surface area contributed by atoms with Crippen LogP contribution in [0.2, 0.25) is 0 Å². The maximum Gasteiger partial charge on any atom is 0.471 e. The molecule has 2 aliphatic heterocycles. The molecule has 3 N–H and O–H groups in total. The Bertz CT molecular complexity index is 1780. The minimum atomic E-state index is -4.79. The predicted octanol–water partition coefficient (Wildman–Crippen LogP) is 2.45. The van der Waals surface area contributed by atoms with Crippen molar-refractivity contribution in [1.82, 2.24) is 20.3 Å². The van der Waals surface area contributed by atoms with Gasteiger partial charge in [-0.15, -0.1) is 10.2 Å². The highest BCUT2D eigenvalue weighted by Crippen LogP contribution is 2.39. The van der Waals surface area contributed by atoms with E-state index in [-0.39, 0.29) is 46.9 Å². The van der Waals surface area contributed by atoms with Gasteiger partial charge in [-0.3, -0.25) is 4.79 Å². The molecule has 0 spiro atoms. The van der Waals surface area contributed by atoms with Crippen LogP contribution in [0.1, 0.15) is 30.2 Å². The molecule has 17 heteroatoms. The first-order chi connectivity index (χ1) is 20.4. The van der Waals surface area contributed by atoms with Crippen molar-refractivity contribution in [2.45, 2.75) is 42.1 Å². The highest BCUT2D eigenvalue weighted by atomic mass is 32.2. The van der Waals surface area contributed by atoms with Crippen molar-refractivity contribution in [3.8, 4) is 22.8 Å². The standard InChI is InChI=1S/C26H23F3N6O7S/c27-26(28,29)24-31-20(34-42-24)15-4-2-14(3-5-15)11-35-18-10-16(6-7-19(18)43(38,39)12-17(30)22(35)37)21-32-33-23(41-21)25(13-36)8-1-9-40-25/h2-7,10,17,36H,1,8-9,11-13,30H2/t17-,25?/m0/s1. The van der Waals surface area contributed by atoms with Gasteiger partial charge >= 0.3 is 12.1 Å². The first-order valence-corrected chi connectivity index (χ1v) is 14.6. The SMILES string of the molecule is N[C@H]1CS(=O)(=O)c2ccc(-c3nnc(C4(CO)CCCO4)o3)cc2N(Cc2ccc(-c3noc(C(F)(F)F)n3)cc2)C1=O. The number of sulfone groups is 1. The van der Waals surface area contributed by atoms with Gasteiger partial charge < -0.3 is 29.4 Å². The van der Waals surface area contributed by atoms with Gasteiger partial charge in [-0.25, -0.2) is 8.42 Å². The Labute approximate surface area is 241 Å². The van der Waals surface area contributed by atoms with E-state index in [0.717, 1.165) is 0 Å². The van der Waals surface area contributed by atoms with Gasteiger partial charge in [0, 0.05) is 17.7 Å². The number of hydrogen-bond acceptors (Lipinski definition) is 12. The number of amides is 1. The fourth-order valence-electron chi connectivity index (χ4n) is 4.98. The van der Waals surface area contributed by atoms with Crippen LogP contribution in [0.3, 0.4) is 0 Å². The molecule has 1 saturated heterocycles. The van der Waals surface area contributed by atoms with E-state index < -0.39 is 45.2 Å². The number of ether oxygens (including phenoxy) is 1. The number of hydrogen-bond donors (Lipinski definition) is 2. The number of nitrogens with two attached hydrogens (primary N) is 1. The second kappa shape index (κ2) is 10.5. The Morgan fingerprint density at radius 3 is 2.51 bits per heavy atom. The van der Waals surface area contributed by atoms with Crippen LogP contribution in [-0.2, 0) is 37.7 Å². The average molecular weight is 621 g/mol. The molecular weight excluding hydrogens is 597 g/mol. The number of halogens is 3. The molecule has 2 aliphatic rings. The number of aliphatic hydroxyl groups is 1. The summed E-state index contributed by atoms with van der Waals surface area (Å²) in [5.41, 5.74) is 5.94. The van der Waals surface area contributed by atoms with Gasteiger partial charge in [0.05, 0.1) is 35.5 Å². The van der Waals surface area contributed by atoms with Gasteiger partial charge in [-0.2, -0.15) is 18.2 Å². The molecule has 0 aliphatic carbocycles. The topological polar surface area (TPSA) is 188 Å². The smallest absolute Gasteiger partial charge is 0.417 e. The van der Waals surface area contributed by atoms with Crippen LogP contribution in [0.15, 0.2) is 56.3 Å². The lowest BCUT2D eigenvalue weighted by molar-refractivity contribution is -0.159. The van der Waals surface area contributed by atoms with Crippen LogP contribution in [-0.4, -0.2) is 64.8 Å².